The fourth-order valence-corrected chi connectivity index (χ4v) is 2.02. The SMILES string of the molecule is CC(O)(c1ccco1)c1cccs1. The van der Waals surface area contributed by atoms with E-state index in [-0.39, 0.29) is 0 Å². The lowest BCUT2D eigenvalue weighted by Crippen LogP contribution is -2.20. The van der Waals surface area contributed by atoms with Crippen molar-refractivity contribution in [3.63, 3.8) is 0 Å². The van der Waals surface area contributed by atoms with Crippen molar-refractivity contribution in [2.45, 2.75) is 12.5 Å². The largest absolute Gasteiger partial charge is 0.466 e. The maximum atomic E-state index is 10.2. The number of furan rings is 1. The fourth-order valence-electron chi connectivity index (χ4n) is 1.23. The Bertz CT molecular complexity index is 323. The number of rotatable bonds is 2. The predicted octanol–water partition coefficient (Wildman–Crippen LogP) is 2.60. The van der Waals surface area contributed by atoms with E-state index in [2.05, 4.69) is 0 Å². The van der Waals surface area contributed by atoms with Crippen LogP contribution in [0, 0.1) is 0 Å². The Kier molecular flexibility index (Phi) is 1.98. The van der Waals surface area contributed by atoms with Crippen LogP contribution in [0.25, 0.3) is 0 Å². The Hall–Kier alpha value is -1.06. The third-order valence-corrected chi connectivity index (χ3v) is 3.08. The molecule has 68 valence electrons. The number of hydrogen-bond donors (Lipinski definition) is 1. The lowest BCUT2D eigenvalue weighted by Gasteiger charge is -2.18. The van der Waals surface area contributed by atoms with E-state index >= 15 is 0 Å². The van der Waals surface area contributed by atoms with E-state index < -0.39 is 5.60 Å². The van der Waals surface area contributed by atoms with Crippen LogP contribution in [0.1, 0.15) is 17.6 Å². The third-order valence-electron chi connectivity index (χ3n) is 2.00. The van der Waals surface area contributed by atoms with Crippen LogP contribution >= 0.6 is 11.3 Å². The Morgan fingerprint density at radius 2 is 2.23 bits per heavy atom. The third kappa shape index (κ3) is 1.41. The van der Waals surface area contributed by atoms with Crippen LogP contribution in [0.2, 0.25) is 0 Å². The summed E-state index contributed by atoms with van der Waals surface area (Å²) in [6.07, 6.45) is 1.57. The van der Waals surface area contributed by atoms with Crippen LogP contribution in [0.5, 0.6) is 0 Å². The molecule has 1 unspecified atom stereocenters. The van der Waals surface area contributed by atoms with Gasteiger partial charge in [0.15, 0.2) is 5.60 Å². The summed E-state index contributed by atoms with van der Waals surface area (Å²) in [5.74, 6) is 0.579. The van der Waals surface area contributed by atoms with Crippen LogP contribution in [-0.2, 0) is 5.60 Å². The normalized spacial score (nSPS) is 15.5. The van der Waals surface area contributed by atoms with Crippen LogP contribution in [-0.4, -0.2) is 5.11 Å². The predicted molar refractivity (Wildman–Crippen MR) is 51.7 cm³/mol. The van der Waals surface area contributed by atoms with Crippen molar-refractivity contribution >= 4 is 11.3 Å². The van der Waals surface area contributed by atoms with E-state index in [0.29, 0.717) is 5.76 Å². The van der Waals surface area contributed by atoms with E-state index in [9.17, 15) is 5.11 Å². The Balaban J connectivity index is 2.42. The molecule has 2 nitrogen and oxygen atoms in total. The first kappa shape index (κ1) is 8.53. The minimum atomic E-state index is -1.00. The molecule has 2 heterocycles. The maximum Gasteiger partial charge on any atom is 0.153 e. The van der Waals surface area contributed by atoms with Gasteiger partial charge in [0.05, 0.1) is 6.26 Å². The summed E-state index contributed by atoms with van der Waals surface area (Å²) in [4.78, 5) is 0.891. The summed E-state index contributed by atoms with van der Waals surface area (Å²) in [6.45, 7) is 1.73. The van der Waals surface area contributed by atoms with Crippen molar-refractivity contribution in [1.82, 2.24) is 0 Å². The first-order valence-corrected chi connectivity index (χ1v) is 4.89. The highest BCUT2D eigenvalue weighted by Gasteiger charge is 2.29. The molecule has 0 amide bonds. The molecule has 0 saturated carbocycles. The monoisotopic (exact) mass is 194 g/mol. The summed E-state index contributed by atoms with van der Waals surface area (Å²) in [5.41, 5.74) is -1.00. The number of hydrogen-bond acceptors (Lipinski definition) is 3. The molecule has 0 radical (unpaired) electrons. The molecule has 0 aliphatic rings. The lowest BCUT2D eigenvalue weighted by molar-refractivity contribution is 0.0805. The van der Waals surface area contributed by atoms with Crippen LogP contribution in [0.3, 0.4) is 0 Å². The summed E-state index contributed by atoms with van der Waals surface area (Å²) < 4.78 is 5.18. The first-order valence-electron chi connectivity index (χ1n) is 4.01. The Labute approximate surface area is 80.4 Å². The van der Waals surface area contributed by atoms with Gasteiger partial charge >= 0.3 is 0 Å². The zero-order valence-corrected chi connectivity index (χ0v) is 8.04. The van der Waals surface area contributed by atoms with Gasteiger partial charge in [0.25, 0.3) is 0 Å². The summed E-state index contributed by atoms with van der Waals surface area (Å²) in [7, 11) is 0. The highest BCUT2D eigenvalue weighted by Crippen LogP contribution is 2.32. The second kappa shape index (κ2) is 3.01. The van der Waals surface area contributed by atoms with Gasteiger partial charge in [-0.2, -0.15) is 0 Å². The quantitative estimate of drug-likeness (QED) is 0.797. The van der Waals surface area contributed by atoms with Gasteiger partial charge in [0.1, 0.15) is 5.76 Å². The first-order chi connectivity index (χ1) is 6.21. The molecule has 13 heavy (non-hydrogen) atoms. The molecule has 3 heteroatoms. The lowest BCUT2D eigenvalue weighted by atomic mass is 10.0. The minimum absolute atomic E-state index is 0.579. The zero-order valence-electron chi connectivity index (χ0n) is 7.23. The highest BCUT2D eigenvalue weighted by molar-refractivity contribution is 7.10. The number of aliphatic hydroxyl groups is 1. The van der Waals surface area contributed by atoms with E-state index in [1.807, 2.05) is 17.5 Å². The van der Waals surface area contributed by atoms with Gasteiger partial charge in [-0.3, -0.25) is 0 Å². The van der Waals surface area contributed by atoms with Crippen molar-refractivity contribution < 1.29 is 9.52 Å². The standard InChI is InChI=1S/C10H10O2S/c1-10(11,8-4-2-6-12-8)9-5-3-7-13-9/h2-7,11H,1H3. The van der Waals surface area contributed by atoms with Crippen molar-refractivity contribution in [2.75, 3.05) is 0 Å². The summed E-state index contributed by atoms with van der Waals surface area (Å²) in [6, 6.07) is 7.36. The zero-order chi connectivity index (χ0) is 9.31. The minimum Gasteiger partial charge on any atom is -0.466 e. The molecule has 2 aromatic heterocycles. The van der Waals surface area contributed by atoms with Crippen molar-refractivity contribution in [3.05, 3.63) is 46.5 Å². The molecular weight excluding hydrogens is 184 g/mol. The number of thiophene rings is 1. The molecule has 2 rings (SSSR count). The molecule has 0 saturated heterocycles. The topological polar surface area (TPSA) is 33.4 Å². The van der Waals surface area contributed by atoms with Gasteiger partial charge in [-0.25, -0.2) is 0 Å². The molecule has 0 aromatic carbocycles. The molecule has 0 fully saturated rings. The van der Waals surface area contributed by atoms with Gasteiger partial charge in [0.2, 0.25) is 0 Å². The van der Waals surface area contributed by atoms with Crippen molar-refractivity contribution in [2.24, 2.45) is 0 Å². The highest BCUT2D eigenvalue weighted by atomic mass is 32.1. The second-order valence-corrected chi connectivity index (χ2v) is 3.97. The average molecular weight is 194 g/mol. The van der Waals surface area contributed by atoms with E-state index in [4.69, 9.17) is 4.42 Å². The molecule has 0 aliphatic carbocycles. The smallest absolute Gasteiger partial charge is 0.153 e. The fraction of sp³-hybridized carbons (Fsp3) is 0.200. The Morgan fingerprint density at radius 1 is 1.38 bits per heavy atom. The van der Waals surface area contributed by atoms with Gasteiger partial charge < -0.3 is 9.52 Å². The van der Waals surface area contributed by atoms with E-state index in [1.54, 1.807) is 25.3 Å². The average Bonchev–Trinajstić information content (AvgIpc) is 2.78. The van der Waals surface area contributed by atoms with E-state index in [0.717, 1.165) is 4.88 Å². The van der Waals surface area contributed by atoms with Crippen molar-refractivity contribution in [3.8, 4) is 0 Å². The Morgan fingerprint density at radius 3 is 2.77 bits per heavy atom. The van der Waals surface area contributed by atoms with Crippen LogP contribution in [0.4, 0.5) is 0 Å². The summed E-state index contributed by atoms with van der Waals surface area (Å²) >= 11 is 1.52. The summed E-state index contributed by atoms with van der Waals surface area (Å²) in [5, 5.41) is 12.1. The van der Waals surface area contributed by atoms with Gasteiger partial charge in [-0.05, 0) is 30.5 Å². The van der Waals surface area contributed by atoms with Crippen LogP contribution in [0.15, 0.2) is 40.3 Å². The molecule has 1 N–H and O–H groups in total. The molecule has 0 spiro atoms. The molecule has 1 atom stereocenters. The molecule has 0 bridgehead atoms. The molecular formula is C10H10O2S. The molecule has 2 aromatic rings. The maximum absolute atomic E-state index is 10.2. The van der Waals surface area contributed by atoms with Gasteiger partial charge in [-0.1, -0.05) is 6.07 Å². The van der Waals surface area contributed by atoms with Gasteiger partial charge in [0, 0.05) is 4.88 Å². The van der Waals surface area contributed by atoms with E-state index in [1.165, 1.54) is 11.3 Å². The van der Waals surface area contributed by atoms with Crippen LogP contribution < -0.4 is 0 Å². The second-order valence-electron chi connectivity index (χ2n) is 3.03. The van der Waals surface area contributed by atoms with Gasteiger partial charge in [-0.15, -0.1) is 11.3 Å². The molecule has 0 aliphatic heterocycles. The van der Waals surface area contributed by atoms with Crippen molar-refractivity contribution in [1.29, 1.82) is 0 Å².